The smallest absolute Gasteiger partial charge is 0.256 e. The number of anilines is 2. The first-order chi connectivity index (χ1) is 18.8. The molecule has 1 fully saturated rings. The molecule has 3 N–H and O–H groups in total. The van der Waals surface area contributed by atoms with Crippen LogP contribution in [-0.2, 0) is 11.3 Å². The summed E-state index contributed by atoms with van der Waals surface area (Å²) in [6.07, 6.45) is 3.25. The number of nitrogens with two attached hydrogens (primary N) is 1. The quantitative estimate of drug-likeness (QED) is 0.397. The van der Waals surface area contributed by atoms with Gasteiger partial charge in [0.15, 0.2) is 5.82 Å². The van der Waals surface area contributed by atoms with Crippen molar-refractivity contribution in [1.82, 2.24) is 24.6 Å². The van der Waals surface area contributed by atoms with E-state index in [0.29, 0.717) is 41.0 Å². The molecule has 198 valence electrons. The molecule has 4 aromatic rings. The normalized spacial score (nSPS) is 13.7. The van der Waals surface area contributed by atoms with Crippen LogP contribution in [0.5, 0.6) is 0 Å². The number of aryl methyl sites for hydroxylation is 1. The molecule has 9 nitrogen and oxygen atoms in total. The minimum Gasteiger partial charge on any atom is -0.383 e. The molecule has 1 aliphatic rings. The number of nitrogen functional groups attached to an aromatic ring is 1. The van der Waals surface area contributed by atoms with Crippen LogP contribution in [0, 0.1) is 24.6 Å². The molecule has 0 aliphatic carbocycles. The van der Waals surface area contributed by atoms with Crippen molar-refractivity contribution >= 4 is 34.2 Å². The second-order valence-electron chi connectivity index (χ2n) is 9.57. The van der Waals surface area contributed by atoms with Crippen LogP contribution in [0.25, 0.3) is 10.8 Å². The predicted molar refractivity (Wildman–Crippen MR) is 148 cm³/mol. The second-order valence-corrected chi connectivity index (χ2v) is 9.57. The van der Waals surface area contributed by atoms with E-state index in [1.807, 2.05) is 18.9 Å². The van der Waals surface area contributed by atoms with Gasteiger partial charge in [-0.2, -0.15) is 5.10 Å². The molecule has 0 unspecified atom stereocenters. The summed E-state index contributed by atoms with van der Waals surface area (Å²) >= 11 is 0. The van der Waals surface area contributed by atoms with E-state index in [9.17, 15) is 14.0 Å². The molecule has 2 amide bonds. The number of fused-ring (bicyclic) bond motifs is 1. The second kappa shape index (κ2) is 10.9. The fraction of sp³-hybridized carbons (Fsp3) is 0.241. The van der Waals surface area contributed by atoms with Crippen molar-refractivity contribution in [2.45, 2.75) is 13.5 Å². The molecule has 0 spiro atoms. The van der Waals surface area contributed by atoms with Crippen molar-refractivity contribution in [3.63, 3.8) is 0 Å². The number of rotatable bonds is 4. The summed E-state index contributed by atoms with van der Waals surface area (Å²) in [5.74, 6) is 5.87. The van der Waals surface area contributed by atoms with Crippen LogP contribution in [-0.4, -0.2) is 69.6 Å². The zero-order valence-electron chi connectivity index (χ0n) is 21.7. The highest BCUT2D eigenvalue weighted by Gasteiger charge is 2.19. The number of pyridine rings is 1. The van der Waals surface area contributed by atoms with Gasteiger partial charge in [0, 0.05) is 66.5 Å². The maximum atomic E-state index is 13.9. The van der Waals surface area contributed by atoms with Crippen molar-refractivity contribution in [2.24, 2.45) is 0 Å². The lowest BCUT2D eigenvalue weighted by Gasteiger charge is -2.32. The van der Waals surface area contributed by atoms with Gasteiger partial charge in [-0.15, -0.1) is 0 Å². The maximum Gasteiger partial charge on any atom is 0.256 e. The first-order valence-electron chi connectivity index (χ1n) is 12.5. The monoisotopic (exact) mass is 525 g/mol. The number of nitrogens with one attached hydrogen (secondary N) is 1. The van der Waals surface area contributed by atoms with Gasteiger partial charge in [-0.3, -0.25) is 14.3 Å². The molecule has 0 bridgehead atoms. The highest BCUT2D eigenvalue weighted by Crippen LogP contribution is 2.23. The van der Waals surface area contributed by atoms with Crippen LogP contribution in [0.3, 0.4) is 0 Å². The van der Waals surface area contributed by atoms with E-state index in [0.717, 1.165) is 24.0 Å². The molecule has 0 saturated carbocycles. The molecule has 0 radical (unpaired) electrons. The van der Waals surface area contributed by atoms with Crippen molar-refractivity contribution in [3.8, 4) is 11.8 Å². The number of hydrogen-bond donors (Lipinski definition) is 2. The summed E-state index contributed by atoms with van der Waals surface area (Å²) in [6.45, 7) is 5.08. The number of piperazine rings is 1. The van der Waals surface area contributed by atoms with E-state index in [2.05, 4.69) is 32.1 Å². The first kappa shape index (κ1) is 25.9. The summed E-state index contributed by atoms with van der Waals surface area (Å²) in [5.41, 5.74) is 8.36. The fourth-order valence-electron chi connectivity index (χ4n) is 4.36. The Balaban J connectivity index is 1.30. The number of halogens is 1. The van der Waals surface area contributed by atoms with Gasteiger partial charge in [-0.1, -0.05) is 17.9 Å². The van der Waals surface area contributed by atoms with Gasteiger partial charge in [-0.25, -0.2) is 9.37 Å². The lowest BCUT2D eigenvalue weighted by atomic mass is 10.0. The predicted octanol–water partition coefficient (Wildman–Crippen LogP) is 2.89. The van der Waals surface area contributed by atoms with Crippen molar-refractivity contribution < 1.29 is 14.0 Å². The van der Waals surface area contributed by atoms with Gasteiger partial charge in [-0.05, 0) is 49.9 Å². The number of hydrogen-bond acceptors (Lipinski definition) is 6. The number of carbonyl (C=O) groups excluding carboxylic acids is 2. The Labute approximate surface area is 225 Å². The summed E-state index contributed by atoms with van der Waals surface area (Å²) < 4.78 is 15.4. The fourth-order valence-corrected chi connectivity index (χ4v) is 4.36. The topological polar surface area (TPSA) is 109 Å². The number of nitrogens with zero attached hydrogens (tertiary/aromatic N) is 5. The van der Waals surface area contributed by atoms with Crippen LogP contribution >= 0.6 is 0 Å². The van der Waals surface area contributed by atoms with Crippen LogP contribution in [0.2, 0.25) is 0 Å². The Morgan fingerprint density at radius 3 is 2.67 bits per heavy atom. The van der Waals surface area contributed by atoms with E-state index in [-0.39, 0.29) is 24.2 Å². The average molecular weight is 526 g/mol. The van der Waals surface area contributed by atoms with Gasteiger partial charge in [0.2, 0.25) is 5.91 Å². The zero-order valence-corrected chi connectivity index (χ0v) is 21.7. The molecular formula is C29H28FN7O2. The van der Waals surface area contributed by atoms with Gasteiger partial charge < -0.3 is 20.9 Å². The van der Waals surface area contributed by atoms with E-state index in [1.165, 1.54) is 16.8 Å². The van der Waals surface area contributed by atoms with Crippen LogP contribution < -0.4 is 11.1 Å². The van der Waals surface area contributed by atoms with E-state index >= 15 is 0 Å². The lowest BCUT2D eigenvalue weighted by molar-refractivity contribution is -0.133. The summed E-state index contributed by atoms with van der Waals surface area (Å²) in [7, 11) is 2.04. The molecule has 39 heavy (non-hydrogen) atoms. The van der Waals surface area contributed by atoms with E-state index in [4.69, 9.17) is 5.73 Å². The number of amides is 2. The average Bonchev–Trinajstić information content (AvgIpc) is 3.35. The largest absolute Gasteiger partial charge is 0.383 e. The van der Waals surface area contributed by atoms with Crippen LogP contribution in [0.15, 0.2) is 54.9 Å². The molecule has 10 heteroatoms. The maximum absolute atomic E-state index is 13.9. The third-order valence-electron chi connectivity index (χ3n) is 6.74. The Hall–Kier alpha value is -4.75. The summed E-state index contributed by atoms with van der Waals surface area (Å²) in [5, 5.41) is 8.41. The lowest BCUT2D eigenvalue weighted by Crippen LogP contribution is -2.48. The standard InChI is InChI=1S/C29H28FN7O2/c1-19-3-4-21(15-20(19)6-8-24-25-16-23(30)7-5-22(25)17-32-28(24)31)29(39)33-26-9-10-37(34-26)18-27(38)36-13-11-35(2)12-14-36/h3-5,7,9-10,15-17H,11-14,18H2,1-2H3,(H2,31,32)(H,33,34,39). The molecule has 1 aliphatic heterocycles. The Kier molecular flexibility index (Phi) is 7.25. The number of carbonyl (C=O) groups is 2. The minimum atomic E-state index is -0.392. The molecule has 2 aromatic carbocycles. The molecular weight excluding hydrogens is 497 g/mol. The molecule has 3 heterocycles. The third kappa shape index (κ3) is 5.89. The zero-order chi connectivity index (χ0) is 27.5. The third-order valence-corrected chi connectivity index (χ3v) is 6.74. The summed E-state index contributed by atoms with van der Waals surface area (Å²) in [4.78, 5) is 33.7. The molecule has 2 aromatic heterocycles. The minimum absolute atomic E-state index is 0.00408. The molecule has 0 atom stereocenters. The number of benzene rings is 2. The number of likely N-dealkylation sites (N-methyl/N-ethyl adjacent to an activating group) is 1. The van der Waals surface area contributed by atoms with Crippen molar-refractivity contribution in [1.29, 1.82) is 0 Å². The van der Waals surface area contributed by atoms with Gasteiger partial charge in [0.1, 0.15) is 18.2 Å². The Morgan fingerprint density at radius 2 is 1.87 bits per heavy atom. The Bertz CT molecular complexity index is 1620. The van der Waals surface area contributed by atoms with E-state index in [1.54, 1.807) is 42.7 Å². The van der Waals surface area contributed by atoms with Crippen molar-refractivity contribution in [3.05, 3.63) is 82.9 Å². The number of aromatic nitrogens is 3. The van der Waals surface area contributed by atoms with Gasteiger partial charge in [0.25, 0.3) is 5.91 Å². The highest BCUT2D eigenvalue weighted by molar-refractivity contribution is 6.04. The van der Waals surface area contributed by atoms with Gasteiger partial charge in [0.05, 0.1) is 5.56 Å². The van der Waals surface area contributed by atoms with E-state index < -0.39 is 5.82 Å². The SMILES string of the molecule is Cc1ccc(C(=O)Nc2ccn(CC(=O)N3CCN(C)CC3)n2)cc1C#Cc1c(N)ncc2ccc(F)cc12. The van der Waals surface area contributed by atoms with Crippen LogP contribution in [0.4, 0.5) is 16.0 Å². The van der Waals surface area contributed by atoms with Crippen LogP contribution in [0.1, 0.15) is 27.0 Å². The van der Waals surface area contributed by atoms with Gasteiger partial charge >= 0.3 is 0 Å². The Morgan fingerprint density at radius 1 is 1.08 bits per heavy atom. The first-order valence-corrected chi connectivity index (χ1v) is 12.5. The summed E-state index contributed by atoms with van der Waals surface area (Å²) in [6, 6.07) is 11.2. The molecule has 1 saturated heterocycles. The molecule has 5 rings (SSSR count). The van der Waals surface area contributed by atoms with Crippen molar-refractivity contribution in [2.75, 3.05) is 44.3 Å². The highest BCUT2D eigenvalue weighted by atomic mass is 19.1.